The van der Waals surface area contributed by atoms with Crippen molar-refractivity contribution < 1.29 is 9.53 Å². The Morgan fingerprint density at radius 2 is 2.00 bits per heavy atom. The van der Waals surface area contributed by atoms with Crippen LogP contribution in [-0.4, -0.2) is 31.6 Å². The molecular formula is C11H19NO2. The second-order valence-electron chi connectivity index (χ2n) is 4.56. The van der Waals surface area contributed by atoms with E-state index in [1.807, 2.05) is 0 Å². The van der Waals surface area contributed by atoms with Crippen molar-refractivity contribution in [3.05, 3.63) is 0 Å². The molecule has 0 saturated carbocycles. The third-order valence-electron chi connectivity index (χ3n) is 3.46. The van der Waals surface area contributed by atoms with Gasteiger partial charge in [-0.2, -0.15) is 0 Å². The maximum absolute atomic E-state index is 11.7. The molecule has 2 atom stereocenters. The average Bonchev–Trinajstić information content (AvgIpc) is 2.17. The van der Waals surface area contributed by atoms with E-state index in [1.165, 1.54) is 19.3 Å². The van der Waals surface area contributed by atoms with Gasteiger partial charge in [-0.15, -0.1) is 0 Å². The topological polar surface area (TPSA) is 38.3 Å². The van der Waals surface area contributed by atoms with E-state index in [0.717, 1.165) is 12.8 Å². The standard InChI is InChI=1S/C11H19NO2/c1-14-7-11(13)8-5-9-3-2-4-10(6-8)12-9/h8-10,12H,2-7H2,1H3. The number of Topliss-reactive ketones (excluding diaryl/α,β-unsaturated/α-hetero) is 1. The van der Waals surface area contributed by atoms with Crippen LogP contribution in [0.1, 0.15) is 32.1 Å². The van der Waals surface area contributed by atoms with Gasteiger partial charge in [-0.05, 0) is 25.7 Å². The van der Waals surface area contributed by atoms with Gasteiger partial charge in [0.25, 0.3) is 0 Å². The number of hydrogen-bond acceptors (Lipinski definition) is 3. The summed E-state index contributed by atoms with van der Waals surface area (Å²) < 4.78 is 4.91. The molecular weight excluding hydrogens is 178 g/mol. The van der Waals surface area contributed by atoms with Crippen LogP contribution in [-0.2, 0) is 9.53 Å². The highest BCUT2D eigenvalue weighted by Gasteiger charge is 2.34. The molecule has 2 unspecified atom stereocenters. The number of hydrogen-bond donors (Lipinski definition) is 1. The Morgan fingerprint density at radius 3 is 2.57 bits per heavy atom. The molecule has 2 saturated heterocycles. The van der Waals surface area contributed by atoms with Crippen LogP contribution in [0.2, 0.25) is 0 Å². The first-order chi connectivity index (χ1) is 6.79. The summed E-state index contributed by atoms with van der Waals surface area (Å²) in [6.45, 7) is 0.296. The minimum absolute atomic E-state index is 0.256. The predicted molar refractivity (Wildman–Crippen MR) is 54.2 cm³/mol. The van der Waals surface area contributed by atoms with Crippen molar-refractivity contribution in [2.24, 2.45) is 5.92 Å². The lowest BCUT2D eigenvalue weighted by Crippen LogP contribution is -2.50. The van der Waals surface area contributed by atoms with Crippen molar-refractivity contribution in [2.45, 2.75) is 44.2 Å². The van der Waals surface area contributed by atoms with Crippen LogP contribution in [0.5, 0.6) is 0 Å². The van der Waals surface area contributed by atoms with Crippen LogP contribution in [0, 0.1) is 5.92 Å². The fourth-order valence-corrected chi connectivity index (χ4v) is 2.79. The predicted octanol–water partition coefficient (Wildman–Crippen LogP) is 1.12. The highest BCUT2D eigenvalue weighted by Crippen LogP contribution is 2.30. The molecule has 3 heteroatoms. The Hall–Kier alpha value is -0.410. The maximum Gasteiger partial charge on any atom is 0.161 e. The molecule has 0 aromatic heterocycles. The molecule has 2 bridgehead atoms. The van der Waals surface area contributed by atoms with Crippen LogP contribution in [0.4, 0.5) is 0 Å². The van der Waals surface area contributed by atoms with Crippen molar-refractivity contribution in [1.82, 2.24) is 5.32 Å². The van der Waals surface area contributed by atoms with Crippen molar-refractivity contribution in [1.29, 1.82) is 0 Å². The summed E-state index contributed by atoms with van der Waals surface area (Å²) in [6, 6.07) is 1.18. The number of carbonyl (C=O) groups is 1. The summed E-state index contributed by atoms with van der Waals surface area (Å²) in [5.41, 5.74) is 0. The van der Waals surface area contributed by atoms with E-state index < -0.39 is 0 Å². The summed E-state index contributed by atoms with van der Waals surface area (Å²) in [5.74, 6) is 0.553. The first kappa shape index (κ1) is 10.1. The van der Waals surface area contributed by atoms with Gasteiger partial charge in [0.05, 0.1) is 0 Å². The monoisotopic (exact) mass is 197 g/mol. The Bertz CT molecular complexity index is 205. The molecule has 2 aliphatic heterocycles. The van der Waals surface area contributed by atoms with Crippen LogP contribution in [0.15, 0.2) is 0 Å². The zero-order valence-corrected chi connectivity index (χ0v) is 8.79. The first-order valence-corrected chi connectivity index (χ1v) is 5.57. The minimum Gasteiger partial charge on any atom is -0.377 e. The van der Waals surface area contributed by atoms with E-state index in [4.69, 9.17) is 4.74 Å². The van der Waals surface area contributed by atoms with Crippen LogP contribution in [0.3, 0.4) is 0 Å². The summed E-state index contributed by atoms with van der Waals surface area (Å²) in [6.07, 6.45) is 5.87. The van der Waals surface area contributed by atoms with Gasteiger partial charge in [0.1, 0.15) is 6.61 Å². The molecule has 80 valence electrons. The molecule has 3 nitrogen and oxygen atoms in total. The zero-order chi connectivity index (χ0) is 9.97. The summed E-state index contributed by atoms with van der Waals surface area (Å²) in [5, 5.41) is 3.59. The molecule has 2 aliphatic rings. The molecule has 0 radical (unpaired) electrons. The Morgan fingerprint density at radius 1 is 1.36 bits per heavy atom. The highest BCUT2D eigenvalue weighted by atomic mass is 16.5. The molecule has 2 heterocycles. The molecule has 2 fully saturated rings. The van der Waals surface area contributed by atoms with Gasteiger partial charge in [0.2, 0.25) is 0 Å². The Kier molecular flexibility index (Phi) is 3.19. The normalized spacial score (nSPS) is 36.8. The Balaban J connectivity index is 1.91. The second kappa shape index (κ2) is 4.41. The molecule has 2 rings (SSSR count). The van der Waals surface area contributed by atoms with Gasteiger partial charge in [-0.1, -0.05) is 6.42 Å². The quantitative estimate of drug-likeness (QED) is 0.737. The lowest BCUT2D eigenvalue weighted by Gasteiger charge is -2.39. The van der Waals surface area contributed by atoms with Crippen molar-refractivity contribution in [3.8, 4) is 0 Å². The molecule has 14 heavy (non-hydrogen) atoms. The zero-order valence-electron chi connectivity index (χ0n) is 8.79. The second-order valence-corrected chi connectivity index (χ2v) is 4.56. The third-order valence-corrected chi connectivity index (χ3v) is 3.46. The van der Waals surface area contributed by atoms with Gasteiger partial charge < -0.3 is 10.1 Å². The summed E-state index contributed by atoms with van der Waals surface area (Å²) in [4.78, 5) is 11.7. The van der Waals surface area contributed by atoms with E-state index in [9.17, 15) is 4.79 Å². The molecule has 0 aromatic carbocycles. The van der Waals surface area contributed by atoms with Crippen molar-refractivity contribution in [3.63, 3.8) is 0 Å². The number of ketones is 1. The smallest absolute Gasteiger partial charge is 0.161 e. The number of ether oxygens (including phenoxy) is 1. The Labute approximate surface area is 85.2 Å². The lowest BCUT2D eigenvalue weighted by molar-refractivity contribution is -0.128. The number of nitrogens with one attached hydrogen (secondary N) is 1. The average molecular weight is 197 g/mol. The number of rotatable bonds is 3. The van der Waals surface area contributed by atoms with Gasteiger partial charge in [0.15, 0.2) is 5.78 Å². The first-order valence-electron chi connectivity index (χ1n) is 5.57. The van der Waals surface area contributed by atoms with Gasteiger partial charge in [-0.25, -0.2) is 0 Å². The fraction of sp³-hybridized carbons (Fsp3) is 0.909. The molecule has 0 amide bonds. The lowest BCUT2D eigenvalue weighted by atomic mass is 9.78. The van der Waals surface area contributed by atoms with Gasteiger partial charge in [0, 0.05) is 25.1 Å². The molecule has 0 spiro atoms. The molecule has 0 aliphatic carbocycles. The SMILES string of the molecule is COCC(=O)C1CC2CCCC(C1)N2. The van der Waals surface area contributed by atoms with Crippen LogP contribution < -0.4 is 5.32 Å². The highest BCUT2D eigenvalue weighted by molar-refractivity contribution is 5.82. The summed E-state index contributed by atoms with van der Waals surface area (Å²) >= 11 is 0. The molecule has 1 N–H and O–H groups in total. The fourth-order valence-electron chi connectivity index (χ4n) is 2.79. The summed E-state index contributed by atoms with van der Waals surface area (Å²) in [7, 11) is 1.60. The number of fused-ring (bicyclic) bond motifs is 2. The number of piperidine rings is 2. The largest absolute Gasteiger partial charge is 0.377 e. The van der Waals surface area contributed by atoms with Crippen LogP contribution in [0.25, 0.3) is 0 Å². The van der Waals surface area contributed by atoms with Crippen LogP contribution >= 0.6 is 0 Å². The van der Waals surface area contributed by atoms with Crippen molar-refractivity contribution >= 4 is 5.78 Å². The van der Waals surface area contributed by atoms with E-state index >= 15 is 0 Å². The van der Waals surface area contributed by atoms with Crippen molar-refractivity contribution in [2.75, 3.05) is 13.7 Å². The number of carbonyl (C=O) groups excluding carboxylic acids is 1. The third kappa shape index (κ3) is 2.15. The number of methoxy groups -OCH3 is 1. The van der Waals surface area contributed by atoms with Gasteiger partial charge >= 0.3 is 0 Å². The van der Waals surface area contributed by atoms with E-state index in [0.29, 0.717) is 24.5 Å². The van der Waals surface area contributed by atoms with E-state index in [-0.39, 0.29) is 5.92 Å². The minimum atomic E-state index is 0.256. The van der Waals surface area contributed by atoms with Gasteiger partial charge in [-0.3, -0.25) is 4.79 Å². The maximum atomic E-state index is 11.7. The van der Waals surface area contributed by atoms with E-state index in [1.54, 1.807) is 7.11 Å². The van der Waals surface area contributed by atoms with E-state index in [2.05, 4.69) is 5.32 Å². The molecule has 0 aromatic rings.